The van der Waals surface area contributed by atoms with Crippen LogP contribution in [0.3, 0.4) is 0 Å². The molecule has 2 aromatic heterocycles. The Bertz CT molecular complexity index is 932. The number of primary amides is 1. The number of carbonyl (C=O) groups excluding carboxylic acids is 2. The molecule has 0 saturated carbocycles. The molecule has 0 bridgehead atoms. The molecule has 0 radical (unpaired) electrons. The highest BCUT2D eigenvalue weighted by atomic mass is 16.5. The van der Waals surface area contributed by atoms with Gasteiger partial charge >= 0.3 is 5.97 Å². The molecule has 1 amide bonds. The molecule has 2 heterocycles. The van der Waals surface area contributed by atoms with E-state index in [-0.39, 0.29) is 0 Å². The maximum atomic E-state index is 12.4. The molecule has 0 fully saturated rings. The largest absolute Gasteiger partial charge is 0.452 e. The van der Waals surface area contributed by atoms with Crippen molar-refractivity contribution in [1.82, 2.24) is 14.8 Å². The number of hydrogen-bond donors (Lipinski definition) is 1. The van der Waals surface area contributed by atoms with Gasteiger partial charge in [-0.25, -0.2) is 9.78 Å². The number of aryl methyl sites for hydroxylation is 2. The third-order valence-corrected chi connectivity index (χ3v) is 3.60. The van der Waals surface area contributed by atoms with Crippen molar-refractivity contribution < 1.29 is 14.3 Å². The zero-order chi connectivity index (χ0) is 17.3. The van der Waals surface area contributed by atoms with Gasteiger partial charge in [-0.1, -0.05) is 30.3 Å². The van der Waals surface area contributed by atoms with Crippen LogP contribution in [0.5, 0.6) is 0 Å². The molecule has 0 aliphatic rings. The molecule has 0 unspecified atom stereocenters. The summed E-state index contributed by atoms with van der Waals surface area (Å²) in [4.78, 5) is 27.9. The highest BCUT2D eigenvalue weighted by molar-refractivity contribution is 6.05. The molecule has 24 heavy (non-hydrogen) atoms. The molecule has 3 rings (SSSR count). The summed E-state index contributed by atoms with van der Waals surface area (Å²) in [5.41, 5.74) is 8.07. The van der Waals surface area contributed by atoms with Crippen LogP contribution in [0.25, 0.3) is 22.3 Å². The van der Waals surface area contributed by atoms with Gasteiger partial charge in [-0.15, -0.1) is 0 Å². The number of ether oxygens (including phenoxy) is 1. The molecule has 2 N–H and O–H groups in total. The normalized spacial score (nSPS) is 10.8. The molecule has 0 spiro atoms. The van der Waals surface area contributed by atoms with Gasteiger partial charge in [0.05, 0.1) is 22.3 Å². The summed E-state index contributed by atoms with van der Waals surface area (Å²) in [6.07, 6.45) is 0. The Kier molecular flexibility index (Phi) is 3.99. The summed E-state index contributed by atoms with van der Waals surface area (Å²) < 4.78 is 6.59. The van der Waals surface area contributed by atoms with Crippen molar-refractivity contribution in [1.29, 1.82) is 0 Å². The second-order valence-corrected chi connectivity index (χ2v) is 5.37. The second-order valence-electron chi connectivity index (χ2n) is 5.37. The first-order valence-corrected chi connectivity index (χ1v) is 7.32. The molecule has 3 aromatic rings. The molecule has 122 valence electrons. The fraction of sp³-hybridized carbons (Fsp3) is 0.176. The van der Waals surface area contributed by atoms with Crippen molar-refractivity contribution in [3.8, 4) is 11.3 Å². The van der Waals surface area contributed by atoms with Crippen LogP contribution in [0.2, 0.25) is 0 Å². The lowest BCUT2D eigenvalue weighted by Crippen LogP contribution is -2.21. The third-order valence-electron chi connectivity index (χ3n) is 3.60. The van der Waals surface area contributed by atoms with Crippen molar-refractivity contribution in [2.45, 2.75) is 6.92 Å². The molecule has 0 aliphatic carbocycles. The van der Waals surface area contributed by atoms with E-state index in [0.29, 0.717) is 28.0 Å². The van der Waals surface area contributed by atoms with E-state index in [1.165, 1.54) is 0 Å². The number of carbonyl (C=O) groups is 2. The van der Waals surface area contributed by atoms with Crippen LogP contribution < -0.4 is 5.73 Å². The number of hydrogen-bond acceptors (Lipinski definition) is 5. The van der Waals surface area contributed by atoms with Gasteiger partial charge in [-0.05, 0) is 13.0 Å². The predicted molar refractivity (Wildman–Crippen MR) is 88.2 cm³/mol. The van der Waals surface area contributed by atoms with E-state index >= 15 is 0 Å². The highest BCUT2D eigenvalue weighted by Gasteiger charge is 2.20. The summed E-state index contributed by atoms with van der Waals surface area (Å²) in [6.45, 7) is 1.32. The summed E-state index contributed by atoms with van der Waals surface area (Å²) >= 11 is 0. The van der Waals surface area contributed by atoms with Gasteiger partial charge in [0.2, 0.25) is 0 Å². The fourth-order valence-corrected chi connectivity index (χ4v) is 2.58. The highest BCUT2D eigenvalue weighted by Crippen LogP contribution is 2.27. The molecule has 7 heteroatoms. The first-order valence-electron chi connectivity index (χ1n) is 7.32. The Balaban J connectivity index is 2.18. The van der Waals surface area contributed by atoms with Gasteiger partial charge in [-0.3, -0.25) is 9.48 Å². The number of amides is 1. The fourth-order valence-electron chi connectivity index (χ4n) is 2.58. The molecule has 7 nitrogen and oxygen atoms in total. The van der Waals surface area contributed by atoms with Crippen LogP contribution in [0.4, 0.5) is 0 Å². The standard InChI is InChI=1S/C17H16N4O3/c1-10-15-12(17(23)24-9-14(18)22)8-13(11-6-4-3-5-7-11)19-16(15)21(2)20-10/h3-8H,9H2,1-2H3,(H2,18,22). The lowest BCUT2D eigenvalue weighted by molar-refractivity contribution is -0.121. The number of nitrogens with zero attached hydrogens (tertiary/aromatic N) is 3. The minimum Gasteiger partial charge on any atom is -0.452 e. The van der Waals surface area contributed by atoms with Crippen LogP contribution in [0.1, 0.15) is 16.1 Å². The average Bonchev–Trinajstić information content (AvgIpc) is 2.87. The van der Waals surface area contributed by atoms with Crippen molar-refractivity contribution in [3.05, 3.63) is 47.7 Å². The Labute approximate surface area is 138 Å². The van der Waals surface area contributed by atoms with E-state index in [2.05, 4.69) is 10.1 Å². The number of aromatic nitrogens is 3. The molecule has 0 saturated heterocycles. The zero-order valence-electron chi connectivity index (χ0n) is 13.3. The minimum absolute atomic E-state index is 0.311. The first-order chi connectivity index (χ1) is 11.5. The van der Waals surface area contributed by atoms with E-state index in [1.807, 2.05) is 30.3 Å². The van der Waals surface area contributed by atoms with Gasteiger partial charge in [0.1, 0.15) is 0 Å². The summed E-state index contributed by atoms with van der Waals surface area (Å²) in [5.74, 6) is -1.34. The topological polar surface area (TPSA) is 100 Å². The number of esters is 1. The molecular weight excluding hydrogens is 308 g/mol. The minimum atomic E-state index is -0.708. The predicted octanol–water partition coefficient (Wildman–Crippen LogP) is 1.59. The lowest BCUT2D eigenvalue weighted by Gasteiger charge is -2.08. The van der Waals surface area contributed by atoms with E-state index in [0.717, 1.165) is 5.56 Å². The quantitative estimate of drug-likeness (QED) is 0.735. The van der Waals surface area contributed by atoms with E-state index < -0.39 is 18.5 Å². The van der Waals surface area contributed by atoms with Crippen LogP contribution >= 0.6 is 0 Å². The summed E-state index contributed by atoms with van der Waals surface area (Å²) in [5, 5.41) is 4.92. The Morgan fingerprint density at radius 1 is 1.25 bits per heavy atom. The Hall–Kier alpha value is -3.22. The Morgan fingerprint density at radius 2 is 1.96 bits per heavy atom. The van der Waals surface area contributed by atoms with Crippen molar-refractivity contribution in [3.63, 3.8) is 0 Å². The second kappa shape index (κ2) is 6.11. The first kappa shape index (κ1) is 15.7. The van der Waals surface area contributed by atoms with Crippen molar-refractivity contribution in [2.24, 2.45) is 12.8 Å². The van der Waals surface area contributed by atoms with E-state index in [4.69, 9.17) is 10.5 Å². The van der Waals surface area contributed by atoms with Gasteiger partial charge < -0.3 is 10.5 Å². The van der Waals surface area contributed by atoms with Crippen LogP contribution in [0, 0.1) is 6.92 Å². The molecule has 0 atom stereocenters. The van der Waals surface area contributed by atoms with Gasteiger partial charge in [0.25, 0.3) is 5.91 Å². The van der Waals surface area contributed by atoms with Gasteiger partial charge in [-0.2, -0.15) is 5.10 Å². The van der Waals surface area contributed by atoms with E-state index in [1.54, 1.807) is 24.7 Å². The lowest BCUT2D eigenvalue weighted by atomic mass is 10.1. The summed E-state index contributed by atoms with van der Waals surface area (Å²) in [6, 6.07) is 11.1. The van der Waals surface area contributed by atoms with Gasteiger partial charge in [0.15, 0.2) is 12.3 Å². The van der Waals surface area contributed by atoms with Gasteiger partial charge in [0, 0.05) is 12.6 Å². The summed E-state index contributed by atoms with van der Waals surface area (Å²) in [7, 11) is 1.76. The van der Waals surface area contributed by atoms with Crippen molar-refractivity contribution >= 4 is 22.9 Å². The van der Waals surface area contributed by atoms with Crippen molar-refractivity contribution in [2.75, 3.05) is 6.61 Å². The molecule has 0 aliphatic heterocycles. The number of rotatable bonds is 4. The maximum absolute atomic E-state index is 12.4. The number of nitrogens with two attached hydrogens (primary N) is 1. The van der Waals surface area contributed by atoms with Crippen LogP contribution in [0.15, 0.2) is 36.4 Å². The third kappa shape index (κ3) is 2.83. The number of benzene rings is 1. The molecule has 1 aromatic carbocycles. The Morgan fingerprint density at radius 3 is 2.62 bits per heavy atom. The smallest absolute Gasteiger partial charge is 0.339 e. The van der Waals surface area contributed by atoms with E-state index in [9.17, 15) is 9.59 Å². The maximum Gasteiger partial charge on any atom is 0.339 e. The number of pyridine rings is 1. The number of fused-ring (bicyclic) bond motifs is 1. The van der Waals surface area contributed by atoms with Crippen LogP contribution in [-0.2, 0) is 16.6 Å². The molecular formula is C17H16N4O3. The SMILES string of the molecule is Cc1nn(C)c2nc(-c3ccccc3)cc(C(=O)OCC(N)=O)c12. The monoisotopic (exact) mass is 324 g/mol. The average molecular weight is 324 g/mol. The zero-order valence-corrected chi connectivity index (χ0v) is 13.3. The van der Waals surface area contributed by atoms with Crippen LogP contribution in [-0.4, -0.2) is 33.2 Å².